The standard InChI is InChI=1S/C13H13N5/c1-8-4-10(5-9(2)16-8)12-6-11(7-14)13(15-3)18-17-12/h4-6H,1-3H3,(H,15,18). The number of nitrogens with one attached hydrogen (secondary N) is 1. The molecule has 0 atom stereocenters. The van der Waals surface area contributed by atoms with E-state index in [0.717, 1.165) is 17.0 Å². The number of aryl methyl sites for hydroxylation is 2. The van der Waals surface area contributed by atoms with E-state index >= 15 is 0 Å². The van der Waals surface area contributed by atoms with Gasteiger partial charge in [0.05, 0.1) is 11.3 Å². The molecule has 2 rings (SSSR count). The van der Waals surface area contributed by atoms with Gasteiger partial charge in [0.15, 0.2) is 5.82 Å². The zero-order valence-electron chi connectivity index (χ0n) is 10.5. The highest BCUT2D eigenvalue weighted by molar-refractivity contribution is 5.64. The van der Waals surface area contributed by atoms with Crippen LogP contribution in [0.4, 0.5) is 5.82 Å². The minimum Gasteiger partial charge on any atom is -0.371 e. The number of nitrogens with zero attached hydrogens (tertiary/aromatic N) is 4. The van der Waals surface area contributed by atoms with Crippen molar-refractivity contribution in [2.24, 2.45) is 0 Å². The molecule has 0 amide bonds. The highest BCUT2D eigenvalue weighted by atomic mass is 15.2. The van der Waals surface area contributed by atoms with Crippen LogP contribution in [0.1, 0.15) is 17.0 Å². The van der Waals surface area contributed by atoms with Gasteiger partial charge in [-0.2, -0.15) is 5.26 Å². The monoisotopic (exact) mass is 239 g/mol. The minimum atomic E-state index is 0.481. The van der Waals surface area contributed by atoms with Gasteiger partial charge >= 0.3 is 0 Å². The van der Waals surface area contributed by atoms with Crippen LogP contribution in [0.2, 0.25) is 0 Å². The lowest BCUT2D eigenvalue weighted by atomic mass is 10.1. The molecule has 0 bridgehead atoms. The number of nitriles is 1. The lowest BCUT2D eigenvalue weighted by molar-refractivity contribution is 1.03. The Labute approximate surface area is 106 Å². The van der Waals surface area contributed by atoms with Gasteiger partial charge in [-0.3, -0.25) is 4.98 Å². The average Bonchev–Trinajstić information content (AvgIpc) is 2.36. The lowest BCUT2D eigenvalue weighted by Gasteiger charge is -2.06. The molecule has 0 saturated heterocycles. The van der Waals surface area contributed by atoms with Gasteiger partial charge in [-0.1, -0.05) is 0 Å². The van der Waals surface area contributed by atoms with E-state index in [-0.39, 0.29) is 0 Å². The normalized spacial score (nSPS) is 9.89. The van der Waals surface area contributed by atoms with Crippen LogP contribution in [0.3, 0.4) is 0 Å². The average molecular weight is 239 g/mol. The van der Waals surface area contributed by atoms with E-state index in [9.17, 15) is 0 Å². The van der Waals surface area contributed by atoms with Crippen molar-refractivity contribution in [1.29, 1.82) is 5.26 Å². The molecule has 0 radical (unpaired) electrons. The second-order valence-electron chi connectivity index (χ2n) is 3.99. The predicted octanol–water partition coefficient (Wildman–Crippen LogP) is 2.07. The molecule has 0 aliphatic carbocycles. The SMILES string of the molecule is CNc1nnc(-c2cc(C)nc(C)c2)cc1C#N. The highest BCUT2D eigenvalue weighted by Gasteiger charge is 2.08. The maximum Gasteiger partial charge on any atom is 0.166 e. The Kier molecular flexibility index (Phi) is 3.20. The molecular formula is C13H13N5. The maximum absolute atomic E-state index is 9.06. The summed E-state index contributed by atoms with van der Waals surface area (Å²) in [7, 11) is 1.71. The molecule has 5 heteroatoms. The Morgan fingerprint density at radius 1 is 1.11 bits per heavy atom. The molecule has 18 heavy (non-hydrogen) atoms. The number of hydrogen-bond acceptors (Lipinski definition) is 5. The molecule has 5 nitrogen and oxygen atoms in total. The van der Waals surface area contributed by atoms with E-state index in [1.807, 2.05) is 26.0 Å². The molecule has 0 saturated carbocycles. The quantitative estimate of drug-likeness (QED) is 0.868. The molecule has 1 N–H and O–H groups in total. The Bertz CT molecular complexity index is 608. The summed E-state index contributed by atoms with van der Waals surface area (Å²) in [5.74, 6) is 0.490. The largest absolute Gasteiger partial charge is 0.371 e. The zero-order valence-corrected chi connectivity index (χ0v) is 10.5. The first-order valence-corrected chi connectivity index (χ1v) is 5.55. The fourth-order valence-corrected chi connectivity index (χ4v) is 1.79. The van der Waals surface area contributed by atoms with Crippen molar-refractivity contribution in [3.63, 3.8) is 0 Å². The summed E-state index contributed by atoms with van der Waals surface area (Å²) >= 11 is 0. The summed E-state index contributed by atoms with van der Waals surface area (Å²) < 4.78 is 0. The van der Waals surface area contributed by atoms with Crippen LogP contribution in [0.5, 0.6) is 0 Å². The summed E-state index contributed by atoms with van der Waals surface area (Å²) in [6.45, 7) is 3.86. The van der Waals surface area contributed by atoms with Crippen LogP contribution >= 0.6 is 0 Å². The first kappa shape index (κ1) is 12.0. The summed E-state index contributed by atoms with van der Waals surface area (Å²) in [4.78, 5) is 4.31. The second-order valence-corrected chi connectivity index (χ2v) is 3.99. The fourth-order valence-electron chi connectivity index (χ4n) is 1.79. The molecule has 0 aliphatic heterocycles. The predicted molar refractivity (Wildman–Crippen MR) is 69.0 cm³/mol. The molecule has 0 aliphatic rings. The number of anilines is 1. The van der Waals surface area contributed by atoms with Crippen LogP contribution < -0.4 is 5.32 Å². The van der Waals surface area contributed by atoms with E-state index in [2.05, 4.69) is 26.6 Å². The zero-order chi connectivity index (χ0) is 13.1. The molecule has 0 fully saturated rings. The van der Waals surface area contributed by atoms with Gasteiger partial charge in [-0.05, 0) is 32.0 Å². The van der Waals surface area contributed by atoms with Gasteiger partial charge in [-0.25, -0.2) is 0 Å². The van der Waals surface area contributed by atoms with Crippen molar-refractivity contribution in [2.75, 3.05) is 12.4 Å². The van der Waals surface area contributed by atoms with Crippen molar-refractivity contribution in [2.45, 2.75) is 13.8 Å². The van der Waals surface area contributed by atoms with Crippen LogP contribution in [0, 0.1) is 25.2 Å². The fraction of sp³-hybridized carbons (Fsp3) is 0.231. The molecule has 0 unspecified atom stereocenters. The lowest BCUT2D eigenvalue weighted by Crippen LogP contribution is -2.00. The Morgan fingerprint density at radius 2 is 1.78 bits per heavy atom. The first-order valence-electron chi connectivity index (χ1n) is 5.55. The van der Waals surface area contributed by atoms with Gasteiger partial charge in [0, 0.05) is 24.0 Å². The van der Waals surface area contributed by atoms with Crippen molar-refractivity contribution < 1.29 is 0 Å². The van der Waals surface area contributed by atoms with Crippen LogP contribution in [0.15, 0.2) is 18.2 Å². The molecular weight excluding hydrogens is 226 g/mol. The van der Waals surface area contributed by atoms with Crippen LogP contribution in [0.25, 0.3) is 11.3 Å². The third-order valence-corrected chi connectivity index (χ3v) is 2.53. The summed E-state index contributed by atoms with van der Waals surface area (Å²) in [6.07, 6.45) is 0. The molecule has 0 aromatic carbocycles. The van der Waals surface area contributed by atoms with Crippen molar-refractivity contribution >= 4 is 5.82 Å². The summed E-state index contributed by atoms with van der Waals surface area (Å²) in [5.41, 5.74) is 3.92. The Balaban J connectivity index is 2.55. The number of rotatable bonds is 2. The van der Waals surface area contributed by atoms with Gasteiger partial charge < -0.3 is 5.32 Å². The second kappa shape index (κ2) is 4.80. The van der Waals surface area contributed by atoms with E-state index in [0.29, 0.717) is 17.1 Å². The van der Waals surface area contributed by atoms with E-state index < -0.39 is 0 Å². The van der Waals surface area contributed by atoms with Crippen molar-refractivity contribution in [3.05, 3.63) is 35.2 Å². The maximum atomic E-state index is 9.06. The van der Waals surface area contributed by atoms with Crippen molar-refractivity contribution in [1.82, 2.24) is 15.2 Å². The first-order chi connectivity index (χ1) is 8.63. The number of hydrogen-bond donors (Lipinski definition) is 1. The minimum absolute atomic E-state index is 0.481. The molecule has 2 aromatic rings. The Hall–Kier alpha value is -2.48. The third kappa shape index (κ3) is 2.28. The number of aromatic nitrogens is 3. The van der Waals surface area contributed by atoms with Gasteiger partial charge in [0.1, 0.15) is 6.07 Å². The molecule has 0 spiro atoms. The summed E-state index contributed by atoms with van der Waals surface area (Å²) in [6, 6.07) is 7.69. The van der Waals surface area contributed by atoms with Crippen LogP contribution in [-0.2, 0) is 0 Å². The molecule has 2 heterocycles. The Morgan fingerprint density at radius 3 is 2.33 bits per heavy atom. The third-order valence-electron chi connectivity index (χ3n) is 2.53. The topological polar surface area (TPSA) is 74.5 Å². The van der Waals surface area contributed by atoms with E-state index in [1.165, 1.54) is 0 Å². The highest BCUT2D eigenvalue weighted by Crippen LogP contribution is 2.21. The number of pyridine rings is 1. The van der Waals surface area contributed by atoms with E-state index in [1.54, 1.807) is 13.1 Å². The molecule has 2 aromatic heterocycles. The smallest absolute Gasteiger partial charge is 0.166 e. The van der Waals surface area contributed by atoms with Gasteiger partial charge in [-0.15, -0.1) is 10.2 Å². The summed E-state index contributed by atoms with van der Waals surface area (Å²) in [5, 5.41) is 20.0. The van der Waals surface area contributed by atoms with Crippen molar-refractivity contribution in [3.8, 4) is 17.3 Å². The molecule has 90 valence electrons. The van der Waals surface area contributed by atoms with Gasteiger partial charge in [0.2, 0.25) is 0 Å². The van der Waals surface area contributed by atoms with E-state index in [4.69, 9.17) is 5.26 Å². The van der Waals surface area contributed by atoms with Gasteiger partial charge in [0.25, 0.3) is 0 Å². The van der Waals surface area contributed by atoms with Crippen LogP contribution in [-0.4, -0.2) is 22.2 Å².